The Morgan fingerprint density at radius 3 is 2.35 bits per heavy atom. The fourth-order valence-corrected chi connectivity index (χ4v) is 9.80. The Hall–Kier alpha value is -5.63. The molecule has 0 radical (unpaired) electrons. The fourth-order valence-electron chi connectivity index (χ4n) is 9.47. The topological polar surface area (TPSA) is 218 Å². The van der Waals surface area contributed by atoms with Gasteiger partial charge >= 0.3 is 6.03 Å². The maximum atomic E-state index is 13.6. The Labute approximate surface area is 392 Å². The van der Waals surface area contributed by atoms with E-state index in [9.17, 15) is 24.0 Å². The Morgan fingerprint density at radius 2 is 1.61 bits per heavy atom. The Morgan fingerprint density at radius 1 is 0.864 bits per heavy atom. The number of nitrogens with zero attached hydrogens (tertiary/aromatic N) is 8. The number of pyridine rings is 2. The molecule has 21 heteroatoms. The fraction of sp³-hybridized carbons (Fsp3) is 0.533. The van der Waals surface area contributed by atoms with Gasteiger partial charge in [-0.1, -0.05) is 23.2 Å². The molecule has 8 rings (SSSR count). The second kappa shape index (κ2) is 21.3. The number of methoxy groups -OCH3 is 1. The molecule has 4 aromatic heterocycles. The van der Waals surface area contributed by atoms with Crippen LogP contribution in [0.2, 0.25) is 10.2 Å². The van der Waals surface area contributed by atoms with E-state index in [4.69, 9.17) is 32.7 Å². The van der Waals surface area contributed by atoms with Crippen LogP contribution in [0.15, 0.2) is 43.0 Å². The molecule has 3 aliphatic heterocycles. The van der Waals surface area contributed by atoms with E-state index in [0.29, 0.717) is 74.6 Å². The van der Waals surface area contributed by atoms with E-state index in [1.54, 1.807) is 19.2 Å². The van der Waals surface area contributed by atoms with Crippen LogP contribution >= 0.6 is 23.2 Å². The predicted molar refractivity (Wildman–Crippen MR) is 247 cm³/mol. The summed E-state index contributed by atoms with van der Waals surface area (Å²) >= 11 is 12.3. The molecular formula is C45H56Cl2N12O7. The van der Waals surface area contributed by atoms with Gasteiger partial charge in [-0.15, -0.1) is 0 Å². The number of carbonyl (C=O) groups excluding carboxylic acids is 5. The number of nitrogens with one attached hydrogen (secondary N) is 4. The number of hydrogen-bond acceptors (Lipinski definition) is 13. The summed E-state index contributed by atoms with van der Waals surface area (Å²) in [5.41, 5.74) is 3.46. The lowest BCUT2D eigenvalue weighted by atomic mass is 9.81. The first-order valence-electron chi connectivity index (χ1n) is 22.7. The van der Waals surface area contributed by atoms with Crippen LogP contribution in [0.25, 0.3) is 5.65 Å². The Balaban J connectivity index is 0.724. The molecule has 0 aromatic carbocycles. The van der Waals surface area contributed by atoms with Crippen LogP contribution in [0.1, 0.15) is 81.6 Å². The van der Waals surface area contributed by atoms with E-state index in [0.717, 1.165) is 56.8 Å². The van der Waals surface area contributed by atoms with Crippen LogP contribution in [0.4, 0.5) is 21.9 Å². The molecule has 6 amide bonds. The van der Waals surface area contributed by atoms with Crippen molar-refractivity contribution in [2.75, 3.05) is 81.6 Å². The number of carbonyl (C=O) groups is 5. The van der Waals surface area contributed by atoms with E-state index >= 15 is 0 Å². The van der Waals surface area contributed by atoms with Crippen LogP contribution < -0.4 is 30.9 Å². The van der Waals surface area contributed by atoms with E-state index in [-0.39, 0.29) is 76.3 Å². The standard InChI is InChI=1S/C45H56Cl2N12O7/c1-27(65-2)40-36(25-50-38-21-37(47)55-59(38)40)53-45(64)52-35-20-32(46)23-51-43(35)66-18-11-49-41(61)29-3-5-30(6-4-29)44(63)58-16-14-56(15-17-58)26-28-9-12-57(13-10-28)33-19-31(22-48-24-33)34-7-8-39(60)54-42(34)62/h19-25,27-30,34H,3-18,26H2,1-2H3,(H,49,61)(H2,52,53,64)(H,54,60,62)/t27-,29?,30?,34?/m0/s1. The van der Waals surface area contributed by atoms with Crippen molar-refractivity contribution in [3.63, 3.8) is 0 Å². The van der Waals surface area contributed by atoms with E-state index in [1.165, 1.54) is 30.1 Å². The molecule has 1 saturated carbocycles. The third-order valence-electron chi connectivity index (χ3n) is 13.2. The molecule has 4 aromatic rings. The van der Waals surface area contributed by atoms with Gasteiger partial charge in [-0.05, 0) is 75.5 Å². The number of ether oxygens (including phenoxy) is 2. The second-order valence-electron chi connectivity index (χ2n) is 17.5. The van der Waals surface area contributed by atoms with E-state index in [2.05, 4.69) is 51.1 Å². The number of hydrogen-bond donors (Lipinski definition) is 4. The van der Waals surface area contributed by atoms with Gasteiger partial charge in [0.1, 0.15) is 12.3 Å². The summed E-state index contributed by atoms with van der Waals surface area (Å²) in [5.74, 6) is -0.263. The molecule has 352 valence electrons. The molecule has 0 spiro atoms. The largest absolute Gasteiger partial charge is 0.474 e. The van der Waals surface area contributed by atoms with Gasteiger partial charge in [0.2, 0.25) is 29.5 Å². The van der Waals surface area contributed by atoms with Gasteiger partial charge in [-0.3, -0.25) is 34.4 Å². The van der Waals surface area contributed by atoms with Crippen molar-refractivity contribution in [2.24, 2.45) is 17.8 Å². The van der Waals surface area contributed by atoms with E-state index in [1.807, 2.05) is 17.2 Å². The quantitative estimate of drug-likeness (QED) is 0.0962. The molecular weight excluding hydrogens is 891 g/mol. The molecule has 4 aliphatic rings. The zero-order valence-electron chi connectivity index (χ0n) is 37.1. The molecule has 3 saturated heterocycles. The average Bonchev–Trinajstić information content (AvgIpc) is 3.71. The third kappa shape index (κ3) is 11.3. The first-order chi connectivity index (χ1) is 31.9. The summed E-state index contributed by atoms with van der Waals surface area (Å²) < 4.78 is 12.9. The highest BCUT2D eigenvalue weighted by molar-refractivity contribution is 6.31. The van der Waals surface area contributed by atoms with Crippen molar-refractivity contribution in [1.29, 1.82) is 0 Å². The van der Waals surface area contributed by atoms with Crippen LogP contribution in [0.5, 0.6) is 5.88 Å². The van der Waals surface area contributed by atoms with Gasteiger partial charge in [0, 0.05) is 89.6 Å². The number of amides is 6. The van der Waals surface area contributed by atoms with Gasteiger partial charge in [0.05, 0.1) is 53.1 Å². The average molecular weight is 948 g/mol. The van der Waals surface area contributed by atoms with Crippen molar-refractivity contribution < 1.29 is 33.4 Å². The lowest BCUT2D eigenvalue weighted by Gasteiger charge is -2.40. The number of halogens is 2. The first-order valence-corrected chi connectivity index (χ1v) is 23.4. The van der Waals surface area contributed by atoms with Crippen molar-refractivity contribution >= 4 is 75.6 Å². The molecule has 0 bridgehead atoms. The molecule has 7 heterocycles. The lowest BCUT2D eigenvalue weighted by Crippen LogP contribution is -2.52. The van der Waals surface area contributed by atoms with Crippen molar-refractivity contribution in [3.8, 4) is 5.88 Å². The summed E-state index contributed by atoms with van der Waals surface area (Å²) in [6.45, 7) is 8.08. The number of rotatable bonds is 14. The molecule has 4 fully saturated rings. The predicted octanol–water partition coefficient (Wildman–Crippen LogP) is 5.06. The Kier molecular flexibility index (Phi) is 15.2. The first kappa shape index (κ1) is 46.9. The molecule has 1 unspecified atom stereocenters. The van der Waals surface area contributed by atoms with Gasteiger partial charge in [-0.2, -0.15) is 5.10 Å². The monoisotopic (exact) mass is 946 g/mol. The highest BCUT2D eigenvalue weighted by Crippen LogP contribution is 2.33. The maximum absolute atomic E-state index is 13.6. The number of fused-ring (bicyclic) bond motifs is 1. The number of piperidine rings is 2. The maximum Gasteiger partial charge on any atom is 0.323 e. The van der Waals surface area contributed by atoms with Crippen LogP contribution in [0.3, 0.4) is 0 Å². The highest BCUT2D eigenvalue weighted by Gasteiger charge is 2.34. The minimum atomic E-state index is -0.616. The Bertz CT molecular complexity index is 2410. The number of piperazine rings is 1. The van der Waals surface area contributed by atoms with Gasteiger partial charge in [0.15, 0.2) is 10.8 Å². The van der Waals surface area contributed by atoms with Crippen molar-refractivity contribution in [2.45, 2.75) is 70.3 Å². The van der Waals surface area contributed by atoms with Crippen LogP contribution in [0, 0.1) is 17.8 Å². The SMILES string of the molecule is CO[C@@H](C)c1c(NC(=O)Nc2cc(Cl)cnc2OCCNC(=O)C2CCC(C(=O)N3CCN(CC4CCN(c5cncc(C6CCC(=O)NC6=O)c5)CC4)CC3)CC2)cnc2cc(Cl)nn12. The summed E-state index contributed by atoms with van der Waals surface area (Å²) in [6.07, 6.45) is 11.6. The molecule has 4 N–H and O–H groups in total. The number of anilines is 3. The number of aromatic nitrogens is 5. The third-order valence-corrected chi connectivity index (χ3v) is 13.6. The second-order valence-corrected chi connectivity index (χ2v) is 18.3. The number of urea groups is 1. The summed E-state index contributed by atoms with van der Waals surface area (Å²) in [4.78, 5) is 83.8. The number of imide groups is 1. The zero-order valence-corrected chi connectivity index (χ0v) is 38.7. The minimum Gasteiger partial charge on any atom is -0.474 e. The minimum absolute atomic E-state index is 0.0754. The van der Waals surface area contributed by atoms with Gasteiger partial charge < -0.3 is 35.2 Å². The smallest absolute Gasteiger partial charge is 0.323 e. The lowest BCUT2D eigenvalue weighted by molar-refractivity contribution is -0.140. The highest BCUT2D eigenvalue weighted by atomic mass is 35.5. The molecule has 2 atom stereocenters. The summed E-state index contributed by atoms with van der Waals surface area (Å²) in [6, 6.07) is 4.54. The van der Waals surface area contributed by atoms with Gasteiger partial charge in [-0.25, -0.2) is 19.3 Å². The van der Waals surface area contributed by atoms with Crippen molar-refractivity contribution in [1.82, 2.24) is 45.0 Å². The van der Waals surface area contributed by atoms with Gasteiger partial charge in [0.25, 0.3) is 0 Å². The summed E-state index contributed by atoms with van der Waals surface area (Å²) in [7, 11) is 1.54. The van der Waals surface area contributed by atoms with E-state index < -0.39 is 12.1 Å². The zero-order chi connectivity index (χ0) is 46.3. The normalized spacial score (nSPS) is 21.3. The molecule has 1 aliphatic carbocycles. The molecule has 66 heavy (non-hydrogen) atoms. The van der Waals surface area contributed by atoms with Crippen LogP contribution in [-0.4, -0.2) is 130 Å². The van der Waals surface area contributed by atoms with Crippen LogP contribution in [-0.2, 0) is 23.9 Å². The molecule has 19 nitrogen and oxygen atoms in total. The summed E-state index contributed by atoms with van der Waals surface area (Å²) in [5, 5.41) is 15.7. The van der Waals surface area contributed by atoms with Crippen molar-refractivity contribution in [3.05, 3.63) is 64.4 Å².